The maximum Gasteiger partial charge on any atom is 0.373 e. The molecule has 0 saturated carbocycles. The smallest absolute Gasteiger partial charge is 0.373 e. The molecule has 108 valence electrons. The topological polar surface area (TPSA) is 56.3 Å². The van der Waals surface area contributed by atoms with Gasteiger partial charge in [-0.15, -0.1) is 0 Å². The molecule has 1 aromatic heterocycles. The average Bonchev–Trinajstić information content (AvgIpc) is 2.56. The van der Waals surface area contributed by atoms with E-state index in [9.17, 15) is 0 Å². The molecular weight excluding hydrogens is 278 g/mol. The molecule has 4 nitrogen and oxygen atoms in total. The van der Waals surface area contributed by atoms with E-state index in [0.717, 1.165) is 22.3 Å². The van der Waals surface area contributed by atoms with Crippen molar-refractivity contribution < 1.29 is 14.3 Å². The predicted molar refractivity (Wildman–Crippen MR) is 83.0 cm³/mol. The van der Waals surface area contributed by atoms with Gasteiger partial charge in [-0.2, -0.15) is 9.59 Å². The van der Waals surface area contributed by atoms with Gasteiger partial charge in [0.25, 0.3) is 0 Å². The fraction of sp³-hybridized carbons (Fsp3) is 0. The summed E-state index contributed by atoms with van der Waals surface area (Å²) in [5.74, 6) is 0.793. The van der Waals surface area contributed by atoms with Gasteiger partial charge in [0.05, 0.1) is 6.26 Å². The van der Waals surface area contributed by atoms with Crippen molar-refractivity contribution in [2.24, 2.45) is 0 Å². The van der Waals surface area contributed by atoms with Crippen molar-refractivity contribution in [3.63, 3.8) is 0 Å². The lowest BCUT2D eigenvalue weighted by atomic mass is 9.98. The van der Waals surface area contributed by atoms with Crippen LogP contribution in [0.25, 0.3) is 21.9 Å². The third-order valence-corrected chi connectivity index (χ3v) is 3.05. The maximum absolute atomic E-state index is 8.12. The summed E-state index contributed by atoms with van der Waals surface area (Å²) in [4.78, 5) is 20.4. The van der Waals surface area contributed by atoms with Crippen LogP contribution in [-0.4, -0.2) is 11.1 Å². The van der Waals surface area contributed by atoms with Gasteiger partial charge >= 0.3 is 6.15 Å². The summed E-state index contributed by atoms with van der Waals surface area (Å²) in [6.45, 7) is 3.63. The van der Waals surface area contributed by atoms with Crippen LogP contribution in [0.3, 0.4) is 0 Å². The number of rotatable bonds is 3. The van der Waals surface area contributed by atoms with Gasteiger partial charge in [-0.05, 0) is 22.9 Å². The van der Waals surface area contributed by atoms with E-state index in [1.54, 1.807) is 6.20 Å². The largest absolute Gasteiger partial charge is 0.465 e. The zero-order valence-electron chi connectivity index (χ0n) is 11.7. The number of carbonyl (C=O) groups excluding carboxylic acids is 2. The number of benzene rings is 2. The second-order valence-electron chi connectivity index (χ2n) is 4.27. The van der Waals surface area contributed by atoms with Crippen LogP contribution < -0.4 is 4.74 Å². The molecule has 0 N–H and O–H groups in total. The average molecular weight is 291 g/mol. The highest BCUT2D eigenvalue weighted by atomic mass is 16.5. The van der Waals surface area contributed by atoms with Crippen LogP contribution in [0.2, 0.25) is 0 Å². The standard InChI is InChI=1S/C17H13NO.CO2/c1-2-19-16-10-9-13-6-3-4-8-15(13)17(16)14-7-5-11-18-12-14;2-1-3/h2-12H,1H2;. The number of fused-ring (bicyclic) bond motifs is 1. The summed E-state index contributed by atoms with van der Waals surface area (Å²) in [5, 5.41) is 2.33. The third-order valence-electron chi connectivity index (χ3n) is 3.05. The number of nitrogens with zero attached hydrogens (tertiary/aromatic N) is 1. The lowest BCUT2D eigenvalue weighted by molar-refractivity contribution is -0.191. The van der Waals surface area contributed by atoms with Crippen LogP contribution in [0.1, 0.15) is 0 Å². The van der Waals surface area contributed by atoms with Gasteiger partial charge in [0.15, 0.2) is 0 Å². The molecule has 1 heterocycles. The Balaban J connectivity index is 0.000000545. The van der Waals surface area contributed by atoms with Gasteiger partial charge in [0, 0.05) is 23.5 Å². The number of ether oxygens (including phenoxy) is 1. The lowest BCUT2D eigenvalue weighted by Gasteiger charge is -2.12. The van der Waals surface area contributed by atoms with E-state index in [4.69, 9.17) is 14.3 Å². The SMILES string of the molecule is C=COc1ccc2ccccc2c1-c1cccnc1.O=C=O. The molecule has 0 fully saturated rings. The van der Waals surface area contributed by atoms with Crippen LogP contribution in [0.4, 0.5) is 0 Å². The number of pyridine rings is 1. The third kappa shape index (κ3) is 3.26. The molecule has 0 unspecified atom stereocenters. The summed E-state index contributed by atoms with van der Waals surface area (Å²) in [7, 11) is 0. The Labute approximate surface area is 127 Å². The second kappa shape index (κ2) is 7.53. The highest BCUT2D eigenvalue weighted by Gasteiger charge is 2.10. The minimum absolute atomic E-state index is 0.250. The van der Waals surface area contributed by atoms with E-state index < -0.39 is 0 Å². The van der Waals surface area contributed by atoms with E-state index in [-0.39, 0.29) is 6.15 Å². The Kier molecular flexibility index (Phi) is 5.19. The molecule has 0 radical (unpaired) electrons. The number of hydrogen-bond acceptors (Lipinski definition) is 4. The van der Waals surface area contributed by atoms with Crippen molar-refractivity contribution in [1.29, 1.82) is 0 Å². The molecule has 4 heteroatoms. The van der Waals surface area contributed by atoms with Crippen molar-refractivity contribution >= 4 is 16.9 Å². The van der Waals surface area contributed by atoms with Gasteiger partial charge in [-0.1, -0.05) is 43.0 Å². The number of hydrogen-bond donors (Lipinski definition) is 0. The molecule has 22 heavy (non-hydrogen) atoms. The normalized spacial score (nSPS) is 9.27. The summed E-state index contributed by atoms with van der Waals surface area (Å²) >= 11 is 0. The van der Waals surface area contributed by atoms with Crippen LogP contribution in [0.15, 0.2) is 73.8 Å². The van der Waals surface area contributed by atoms with E-state index in [1.165, 1.54) is 11.6 Å². The highest BCUT2D eigenvalue weighted by Crippen LogP contribution is 2.36. The fourth-order valence-electron chi connectivity index (χ4n) is 2.25. The molecule has 0 atom stereocenters. The minimum atomic E-state index is 0.250. The van der Waals surface area contributed by atoms with Crippen LogP contribution in [0, 0.1) is 0 Å². The van der Waals surface area contributed by atoms with Crippen molar-refractivity contribution in [3.05, 3.63) is 73.8 Å². The number of aromatic nitrogens is 1. The first-order valence-electron chi connectivity index (χ1n) is 6.50. The summed E-state index contributed by atoms with van der Waals surface area (Å²) in [6, 6.07) is 16.2. The zero-order valence-corrected chi connectivity index (χ0v) is 11.7. The Hall–Kier alpha value is -3.23. The maximum atomic E-state index is 8.12. The Morgan fingerprint density at radius 3 is 2.50 bits per heavy atom. The molecule has 0 saturated heterocycles. The molecule has 0 spiro atoms. The molecule has 0 aliphatic rings. The zero-order chi connectivity index (χ0) is 15.8. The van der Waals surface area contributed by atoms with E-state index in [2.05, 4.69) is 23.7 Å². The minimum Gasteiger partial charge on any atom is -0.465 e. The lowest BCUT2D eigenvalue weighted by Crippen LogP contribution is -1.89. The Bertz CT molecular complexity index is 807. The van der Waals surface area contributed by atoms with E-state index in [1.807, 2.05) is 42.6 Å². The first-order valence-corrected chi connectivity index (χ1v) is 6.50. The van der Waals surface area contributed by atoms with Gasteiger partial charge in [-0.3, -0.25) is 4.98 Å². The molecule has 2 aromatic carbocycles. The van der Waals surface area contributed by atoms with Gasteiger partial charge in [0.2, 0.25) is 0 Å². The molecule has 0 aliphatic heterocycles. The van der Waals surface area contributed by atoms with Crippen molar-refractivity contribution in [1.82, 2.24) is 4.98 Å². The van der Waals surface area contributed by atoms with E-state index in [0.29, 0.717) is 0 Å². The van der Waals surface area contributed by atoms with Crippen LogP contribution in [-0.2, 0) is 9.59 Å². The van der Waals surface area contributed by atoms with Crippen molar-refractivity contribution in [3.8, 4) is 16.9 Å². The van der Waals surface area contributed by atoms with E-state index >= 15 is 0 Å². The summed E-state index contributed by atoms with van der Waals surface area (Å²) in [5.41, 5.74) is 2.09. The summed E-state index contributed by atoms with van der Waals surface area (Å²) < 4.78 is 5.54. The van der Waals surface area contributed by atoms with Crippen molar-refractivity contribution in [2.45, 2.75) is 0 Å². The van der Waals surface area contributed by atoms with Crippen LogP contribution >= 0.6 is 0 Å². The Morgan fingerprint density at radius 1 is 1.05 bits per heavy atom. The monoisotopic (exact) mass is 291 g/mol. The quantitative estimate of drug-likeness (QED) is 0.688. The Morgan fingerprint density at radius 2 is 1.82 bits per heavy atom. The van der Waals surface area contributed by atoms with Crippen LogP contribution in [0.5, 0.6) is 5.75 Å². The first kappa shape index (κ1) is 15.2. The molecule has 0 bridgehead atoms. The van der Waals surface area contributed by atoms with Gasteiger partial charge < -0.3 is 4.74 Å². The second-order valence-corrected chi connectivity index (χ2v) is 4.27. The molecule has 3 rings (SSSR count). The molecule has 0 amide bonds. The van der Waals surface area contributed by atoms with Gasteiger partial charge in [-0.25, -0.2) is 0 Å². The van der Waals surface area contributed by atoms with Crippen molar-refractivity contribution in [2.75, 3.05) is 0 Å². The molecule has 0 aliphatic carbocycles. The fourth-order valence-corrected chi connectivity index (χ4v) is 2.25. The molecular formula is C18H13NO3. The van der Waals surface area contributed by atoms with Gasteiger partial charge in [0.1, 0.15) is 5.75 Å². The predicted octanol–water partition coefficient (Wildman–Crippen LogP) is 3.84. The molecule has 3 aromatic rings. The summed E-state index contributed by atoms with van der Waals surface area (Å²) in [6.07, 6.45) is 5.31. The highest BCUT2D eigenvalue weighted by molar-refractivity contribution is 5.99. The first-order chi connectivity index (χ1) is 10.8.